The van der Waals surface area contributed by atoms with E-state index in [-0.39, 0.29) is 10.6 Å². The molecule has 3 aromatic rings. The molecule has 0 unspecified atom stereocenters. The number of carbonyl (C=O) groups excluding carboxylic acids is 1. The van der Waals surface area contributed by atoms with Crippen LogP contribution in [0, 0.1) is 13.8 Å². The van der Waals surface area contributed by atoms with Gasteiger partial charge in [-0.3, -0.25) is 9.10 Å². The Morgan fingerprint density at radius 2 is 1.52 bits per heavy atom. The van der Waals surface area contributed by atoms with Crippen molar-refractivity contribution in [2.45, 2.75) is 25.3 Å². The lowest BCUT2D eigenvalue weighted by molar-refractivity contribution is -0.119. The summed E-state index contributed by atoms with van der Waals surface area (Å²) in [4.78, 5) is 12.8. The number of hydrogen-bond donors (Lipinski definition) is 1. The number of nitrogens with zero attached hydrogens (tertiary/aromatic N) is 1. The van der Waals surface area contributed by atoms with Crippen molar-refractivity contribution in [1.29, 1.82) is 0 Å². The summed E-state index contributed by atoms with van der Waals surface area (Å²) in [5.74, 6) is 0.355. The fraction of sp³-hybridized carbons (Fsp3) is 0.240. The Hall–Kier alpha value is -3.52. The molecule has 0 radical (unpaired) electrons. The predicted octanol–water partition coefficient (Wildman–Crippen LogP) is 3.83. The van der Waals surface area contributed by atoms with Crippen molar-refractivity contribution in [3.05, 3.63) is 83.4 Å². The van der Waals surface area contributed by atoms with E-state index in [1.54, 1.807) is 43.3 Å². The van der Waals surface area contributed by atoms with Crippen molar-refractivity contribution in [2.24, 2.45) is 0 Å². The smallest absolute Gasteiger partial charge is 0.268 e. The summed E-state index contributed by atoms with van der Waals surface area (Å²) in [5.41, 5.74) is 3.14. The van der Waals surface area contributed by atoms with Gasteiger partial charge >= 0.3 is 0 Å². The van der Waals surface area contributed by atoms with Crippen molar-refractivity contribution in [3.8, 4) is 11.5 Å². The fourth-order valence-electron chi connectivity index (χ4n) is 3.26. The van der Waals surface area contributed by atoms with Gasteiger partial charge in [0.2, 0.25) is 5.91 Å². The van der Waals surface area contributed by atoms with Crippen molar-refractivity contribution in [2.75, 3.05) is 25.1 Å². The van der Waals surface area contributed by atoms with E-state index in [1.807, 2.05) is 31.2 Å². The van der Waals surface area contributed by atoms with Gasteiger partial charge in [0, 0.05) is 6.54 Å². The number of aryl methyl sites for hydroxylation is 2. The summed E-state index contributed by atoms with van der Waals surface area (Å²) in [6.07, 6.45) is 0. The monoisotopic (exact) mass is 468 g/mol. The molecule has 0 heterocycles. The minimum atomic E-state index is -4.12. The quantitative estimate of drug-likeness (QED) is 0.516. The maximum absolute atomic E-state index is 13.7. The number of hydrogen-bond acceptors (Lipinski definition) is 5. The summed E-state index contributed by atoms with van der Waals surface area (Å²) in [5, 5.41) is 2.80. The van der Waals surface area contributed by atoms with Crippen LogP contribution in [-0.4, -0.2) is 35.1 Å². The molecule has 174 valence electrons. The Morgan fingerprint density at radius 3 is 2.12 bits per heavy atom. The van der Waals surface area contributed by atoms with Crippen molar-refractivity contribution in [1.82, 2.24) is 5.32 Å². The SMILES string of the molecule is COc1ccc(N(CC(=O)NCc2ccc(C)cc2)S(=O)(=O)c2cc(C)ccc2OC)cc1. The van der Waals surface area contributed by atoms with Gasteiger partial charge < -0.3 is 14.8 Å². The molecule has 8 heteroatoms. The van der Waals surface area contributed by atoms with E-state index in [0.29, 0.717) is 18.0 Å². The first-order chi connectivity index (χ1) is 15.7. The largest absolute Gasteiger partial charge is 0.497 e. The van der Waals surface area contributed by atoms with E-state index in [4.69, 9.17) is 9.47 Å². The van der Waals surface area contributed by atoms with Gasteiger partial charge in [-0.25, -0.2) is 8.42 Å². The van der Waals surface area contributed by atoms with Crippen LogP contribution < -0.4 is 19.1 Å². The summed E-state index contributed by atoms with van der Waals surface area (Å²) < 4.78 is 39.0. The average Bonchev–Trinajstić information content (AvgIpc) is 2.82. The standard InChI is InChI=1S/C25H28N2O5S/c1-18-5-8-20(9-6-18)16-26-25(28)17-27(21-10-12-22(31-3)13-11-21)33(29,30)24-15-19(2)7-14-23(24)32-4/h5-15H,16-17H2,1-4H3,(H,26,28). The lowest BCUT2D eigenvalue weighted by atomic mass is 10.1. The number of anilines is 1. The molecule has 0 bridgehead atoms. The first-order valence-corrected chi connectivity index (χ1v) is 11.8. The molecule has 0 aliphatic rings. The van der Waals surface area contributed by atoms with E-state index < -0.39 is 22.5 Å². The topological polar surface area (TPSA) is 84.9 Å². The average molecular weight is 469 g/mol. The van der Waals surface area contributed by atoms with Gasteiger partial charge in [0.25, 0.3) is 10.0 Å². The van der Waals surface area contributed by atoms with Crippen molar-refractivity contribution < 1.29 is 22.7 Å². The lowest BCUT2D eigenvalue weighted by Gasteiger charge is -2.25. The molecule has 0 atom stereocenters. The Morgan fingerprint density at radius 1 is 0.879 bits per heavy atom. The third kappa shape index (κ3) is 5.84. The normalized spacial score (nSPS) is 11.0. The third-order valence-corrected chi connectivity index (χ3v) is 6.94. The highest BCUT2D eigenvalue weighted by molar-refractivity contribution is 7.93. The zero-order valence-corrected chi connectivity index (χ0v) is 20.0. The van der Waals surface area contributed by atoms with Gasteiger partial charge in [-0.2, -0.15) is 0 Å². The van der Waals surface area contributed by atoms with Crippen molar-refractivity contribution in [3.63, 3.8) is 0 Å². The molecule has 3 aromatic carbocycles. The van der Waals surface area contributed by atoms with E-state index in [1.165, 1.54) is 20.3 Å². The Kier molecular flexibility index (Phi) is 7.60. The molecular weight excluding hydrogens is 440 g/mol. The van der Waals surface area contributed by atoms with Gasteiger partial charge in [-0.1, -0.05) is 35.9 Å². The molecule has 3 rings (SSSR count). The summed E-state index contributed by atoms with van der Waals surface area (Å²) in [6.45, 7) is 3.69. The molecule has 0 spiro atoms. The molecule has 0 saturated carbocycles. The predicted molar refractivity (Wildman–Crippen MR) is 128 cm³/mol. The van der Waals surface area contributed by atoms with Gasteiger partial charge in [0.15, 0.2) is 0 Å². The highest BCUT2D eigenvalue weighted by atomic mass is 32.2. The van der Waals surface area contributed by atoms with Crippen LogP contribution in [0.15, 0.2) is 71.6 Å². The number of benzene rings is 3. The molecule has 0 aromatic heterocycles. The molecule has 7 nitrogen and oxygen atoms in total. The Bertz CT molecular complexity index is 1210. The number of amides is 1. The maximum atomic E-state index is 13.7. The van der Waals surface area contributed by atoms with Gasteiger partial charge in [0.05, 0.1) is 19.9 Å². The van der Waals surface area contributed by atoms with Crippen LogP contribution in [-0.2, 0) is 21.4 Å². The van der Waals surface area contributed by atoms with E-state index >= 15 is 0 Å². The number of rotatable bonds is 9. The summed E-state index contributed by atoms with van der Waals surface area (Å²) >= 11 is 0. The maximum Gasteiger partial charge on any atom is 0.268 e. The van der Waals surface area contributed by atoms with Crippen LogP contribution in [0.4, 0.5) is 5.69 Å². The second kappa shape index (κ2) is 10.4. The Labute approximate surface area is 195 Å². The van der Waals surface area contributed by atoms with E-state index in [2.05, 4.69) is 5.32 Å². The Balaban J connectivity index is 1.93. The van der Waals surface area contributed by atoms with Crippen LogP contribution in [0.1, 0.15) is 16.7 Å². The summed E-state index contributed by atoms with van der Waals surface area (Å²) in [7, 11) is -1.18. The molecule has 0 fully saturated rings. The van der Waals surface area contributed by atoms with Gasteiger partial charge in [-0.05, 0) is 61.4 Å². The lowest BCUT2D eigenvalue weighted by Crippen LogP contribution is -2.40. The van der Waals surface area contributed by atoms with Crippen LogP contribution in [0.25, 0.3) is 0 Å². The zero-order chi connectivity index (χ0) is 24.0. The number of methoxy groups -OCH3 is 2. The van der Waals surface area contributed by atoms with Crippen LogP contribution in [0.2, 0.25) is 0 Å². The highest BCUT2D eigenvalue weighted by Gasteiger charge is 2.30. The van der Waals surface area contributed by atoms with Crippen LogP contribution >= 0.6 is 0 Å². The van der Waals surface area contributed by atoms with E-state index in [9.17, 15) is 13.2 Å². The van der Waals surface area contributed by atoms with Crippen LogP contribution in [0.3, 0.4) is 0 Å². The second-order valence-corrected chi connectivity index (χ2v) is 9.46. The second-order valence-electron chi connectivity index (χ2n) is 7.63. The number of ether oxygens (including phenoxy) is 2. The van der Waals surface area contributed by atoms with Crippen LogP contribution in [0.5, 0.6) is 11.5 Å². The van der Waals surface area contributed by atoms with E-state index in [0.717, 1.165) is 21.0 Å². The first-order valence-electron chi connectivity index (χ1n) is 10.4. The number of sulfonamides is 1. The highest BCUT2D eigenvalue weighted by Crippen LogP contribution is 2.31. The molecule has 0 aliphatic heterocycles. The first kappa shape index (κ1) is 24.1. The fourth-order valence-corrected chi connectivity index (χ4v) is 4.92. The minimum absolute atomic E-state index is 0.00727. The molecule has 0 saturated heterocycles. The van der Waals surface area contributed by atoms with Gasteiger partial charge in [-0.15, -0.1) is 0 Å². The number of nitrogens with one attached hydrogen (secondary N) is 1. The summed E-state index contributed by atoms with van der Waals surface area (Å²) in [6, 6.07) is 19.2. The molecule has 33 heavy (non-hydrogen) atoms. The number of carbonyl (C=O) groups is 1. The molecule has 1 N–H and O–H groups in total. The zero-order valence-electron chi connectivity index (χ0n) is 19.2. The minimum Gasteiger partial charge on any atom is -0.497 e. The molecule has 1 amide bonds. The molecule has 0 aliphatic carbocycles. The molecular formula is C25H28N2O5S. The van der Waals surface area contributed by atoms with Gasteiger partial charge in [0.1, 0.15) is 22.9 Å². The van der Waals surface area contributed by atoms with Crippen molar-refractivity contribution >= 4 is 21.6 Å². The third-order valence-electron chi connectivity index (χ3n) is 5.15.